The van der Waals surface area contributed by atoms with E-state index in [0.29, 0.717) is 0 Å². The third-order valence-electron chi connectivity index (χ3n) is 3.06. The van der Waals surface area contributed by atoms with Crippen LogP contribution in [0.25, 0.3) is 11.3 Å². The van der Waals surface area contributed by atoms with E-state index < -0.39 is 0 Å². The van der Waals surface area contributed by atoms with Gasteiger partial charge >= 0.3 is 0 Å². The van der Waals surface area contributed by atoms with Gasteiger partial charge in [-0.15, -0.1) is 11.3 Å². The SMILES string of the molecule is Cc1scnc1-c1ccc2c(c1)CCCN2. The summed E-state index contributed by atoms with van der Waals surface area (Å²) in [7, 11) is 0. The van der Waals surface area contributed by atoms with E-state index >= 15 is 0 Å². The number of aryl methyl sites for hydroxylation is 2. The van der Waals surface area contributed by atoms with Crippen LogP contribution in [0.4, 0.5) is 5.69 Å². The van der Waals surface area contributed by atoms with Gasteiger partial charge in [0.05, 0.1) is 11.2 Å². The first-order valence-electron chi connectivity index (χ1n) is 5.62. The van der Waals surface area contributed by atoms with Gasteiger partial charge in [-0.05, 0) is 37.5 Å². The molecule has 0 atom stereocenters. The molecule has 1 aliphatic heterocycles. The predicted molar refractivity (Wildman–Crippen MR) is 69.1 cm³/mol. The summed E-state index contributed by atoms with van der Waals surface area (Å²) in [5.41, 5.74) is 7.03. The van der Waals surface area contributed by atoms with Gasteiger partial charge < -0.3 is 5.32 Å². The Balaban J connectivity index is 2.06. The number of anilines is 1. The van der Waals surface area contributed by atoms with Crippen LogP contribution >= 0.6 is 11.3 Å². The number of benzene rings is 1. The number of hydrogen-bond donors (Lipinski definition) is 1. The molecule has 0 saturated carbocycles. The van der Waals surface area contributed by atoms with Crippen LogP contribution in [0.3, 0.4) is 0 Å². The van der Waals surface area contributed by atoms with E-state index in [1.165, 1.54) is 34.5 Å². The maximum Gasteiger partial charge on any atom is 0.0840 e. The van der Waals surface area contributed by atoms with Crippen LogP contribution in [0, 0.1) is 6.92 Å². The Morgan fingerprint density at radius 2 is 2.31 bits per heavy atom. The molecule has 1 aliphatic rings. The van der Waals surface area contributed by atoms with E-state index in [9.17, 15) is 0 Å². The lowest BCUT2D eigenvalue weighted by atomic mass is 9.99. The lowest BCUT2D eigenvalue weighted by Crippen LogP contribution is -2.11. The molecule has 16 heavy (non-hydrogen) atoms. The fraction of sp³-hybridized carbons (Fsp3) is 0.308. The second-order valence-corrected chi connectivity index (χ2v) is 5.22. The van der Waals surface area contributed by atoms with E-state index in [-0.39, 0.29) is 0 Å². The van der Waals surface area contributed by atoms with Gasteiger partial charge in [-0.25, -0.2) is 4.98 Å². The van der Waals surface area contributed by atoms with Gasteiger partial charge in [0.15, 0.2) is 0 Å². The van der Waals surface area contributed by atoms with Crippen molar-refractivity contribution in [2.45, 2.75) is 19.8 Å². The second-order valence-electron chi connectivity index (χ2n) is 4.16. The highest BCUT2D eigenvalue weighted by Gasteiger charge is 2.11. The number of aromatic nitrogens is 1. The Morgan fingerprint density at radius 1 is 1.38 bits per heavy atom. The van der Waals surface area contributed by atoms with Crippen LogP contribution in [0.1, 0.15) is 16.9 Å². The summed E-state index contributed by atoms with van der Waals surface area (Å²) in [6.45, 7) is 3.23. The van der Waals surface area contributed by atoms with Gasteiger partial charge in [-0.3, -0.25) is 0 Å². The molecular weight excluding hydrogens is 216 g/mol. The smallest absolute Gasteiger partial charge is 0.0840 e. The molecule has 2 aromatic rings. The molecule has 0 aliphatic carbocycles. The van der Waals surface area contributed by atoms with Gasteiger partial charge in [0.1, 0.15) is 0 Å². The van der Waals surface area contributed by atoms with Gasteiger partial charge in [0.2, 0.25) is 0 Å². The maximum absolute atomic E-state index is 4.43. The molecule has 1 N–H and O–H groups in total. The van der Waals surface area contributed by atoms with Crippen molar-refractivity contribution < 1.29 is 0 Å². The van der Waals surface area contributed by atoms with Gasteiger partial charge in [-0.2, -0.15) is 0 Å². The van der Waals surface area contributed by atoms with Crippen LogP contribution in [-0.2, 0) is 6.42 Å². The van der Waals surface area contributed by atoms with E-state index in [1.807, 2.05) is 5.51 Å². The molecule has 1 aromatic heterocycles. The zero-order valence-electron chi connectivity index (χ0n) is 9.29. The standard InChI is InChI=1S/C13H14N2S/c1-9-13(15-8-16-9)11-4-5-12-10(7-11)3-2-6-14-12/h4-5,7-8,14H,2-3,6H2,1H3. The summed E-state index contributed by atoms with van der Waals surface area (Å²) < 4.78 is 0. The van der Waals surface area contributed by atoms with Gasteiger partial charge in [0, 0.05) is 22.7 Å². The Bertz CT molecular complexity index is 516. The molecule has 3 rings (SSSR count). The highest BCUT2D eigenvalue weighted by atomic mass is 32.1. The maximum atomic E-state index is 4.43. The van der Waals surface area contributed by atoms with Gasteiger partial charge in [-0.1, -0.05) is 6.07 Å². The molecule has 1 aromatic carbocycles. The molecule has 0 amide bonds. The number of hydrogen-bond acceptors (Lipinski definition) is 3. The number of fused-ring (bicyclic) bond motifs is 1. The fourth-order valence-corrected chi connectivity index (χ4v) is 2.80. The summed E-state index contributed by atoms with van der Waals surface area (Å²) in [5.74, 6) is 0. The van der Waals surface area contributed by atoms with Crippen molar-refractivity contribution >= 4 is 17.0 Å². The highest BCUT2D eigenvalue weighted by molar-refractivity contribution is 7.10. The molecule has 0 bridgehead atoms. The molecule has 2 heterocycles. The molecule has 0 saturated heterocycles. The lowest BCUT2D eigenvalue weighted by molar-refractivity contribution is 0.830. The summed E-state index contributed by atoms with van der Waals surface area (Å²) in [4.78, 5) is 5.73. The minimum absolute atomic E-state index is 1.10. The minimum Gasteiger partial charge on any atom is -0.385 e. The van der Waals surface area contributed by atoms with Gasteiger partial charge in [0.25, 0.3) is 0 Å². The highest BCUT2D eigenvalue weighted by Crippen LogP contribution is 2.30. The first-order valence-corrected chi connectivity index (χ1v) is 6.50. The van der Waals surface area contributed by atoms with Crippen LogP contribution in [0.15, 0.2) is 23.7 Å². The van der Waals surface area contributed by atoms with Crippen molar-refractivity contribution in [3.05, 3.63) is 34.2 Å². The molecule has 3 heteroatoms. The topological polar surface area (TPSA) is 24.9 Å². The normalized spacial score (nSPS) is 14.3. The van der Waals surface area contributed by atoms with Crippen molar-refractivity contribution in [2.24, 2.45) is 0 Å². The lowest BCUT2D eigenvalue weighted by Gasteiger charge is -2.18. The summed E-state index contributed by atoms with van der Waals surface area (Å²) in [5, 5.41) is 3.43. The van der Waals surface area contributed by atoms with E-state index in [4.69, 9.17) is 0 Å². The Kier molecular flexibility index (Phi) is 2.40. The molecular formula is C13H14N2S. The van der Waals surface area contributed by atoms with Crippen molar-refractivity contribution in [1.29, 1.82) is 0 Å². The first-order chi connectivity index (χ1) is 7.84. The quantitative estimate of drug-likeness (QED) is 0.811. The van der Waals surface area contributed by atoms with Crippen LogP contribution in [-0.4, -0.2) is 11.5 Å². The van der Waals surface area contributed by atoms with Crippen LogP contribution in [0.5, 0.6) is 0 Å². The molecule has 0 unspecified atom stereocenters. The Morgan fingerprint density at radius 3 is 3.12 bits per heavy atom. The molecule has 82 valence electrons. The van der Waals surface area contributed by atoms with Crippen molar-refractivity contribution in [1.82, 2.24) is 4.98 Å². The monoisotopic (exact) mass is 230 g/mol. The van der Waals surface area contributed by atoms with E-state index in [1.54, 1.807) is 11.3 Å². The predicted octanol–water partition coefficient (Wildman–Crippen LogP) is 3.48. The first kappa shape index (κ1) is 9.85. The fourth-order valence-electron chi connectivity index (χ4n) is 2.20. The second kappa shape index (κ2) is 3.91. The molecule has 0 radical (unpaired) electrons. The molecule has 0 fully saturated rings. The number of nitrogens with zero attached hydrogens (tertiary/aromatic N) is 1. The van der Waals surface area contributed by atoms with Crippen LogP contribution < -0.4 is 5.32 Å². The number of thiazole rings is 1. The average molecular weight is 230 g/mol. The number of nitrogens with one attached hydrogen (secondary N) is 1. The zero-order valence-corrected chi connectivity index (χ0v) is 10.1. The van der Waals surface area contributed by atoms with Crippen molar-refractivity contribution in [2.75, 3.05) is 11.9 Å². The number of rotatable bonds is 1. The molecule has 0 spiro atoms. The largest absolute Gasteiger partial charge is 0.385 e. The third-order valence-corrected chi connectivity index (χ3v) is 3.82. The molecule has 2 nitrogen and oxygen atoms in total. The van der Waals surface area contributed by atoms with E-state index in [2.05, 4.69) is 35.4 Å². The third kappa shape index (κ3) is 1.61. The van der Waals surface area contributed by atoms with Crippen LogP contribution in [0.2, 0.25) is 0 Å². The summed E-state index contributed by atoms with van der Waals surface area (Å²) in [6.07, 6.45) is 2.41. The summed E-state index contributed by atoms with van der Waals surface area (Å²) in [6, 6.07) is 6.63. The minimum atomic E-state index is 1.10. The Labute approximate surface area is 99.4 Å². The van der Waals surface area contributed by atoms with Crippen molar-refractivity contribution in [3.8, 4) is 11.3 Å². The average Bonchev–Trinajstić information content (AvgIpc) is 2.75. The van der Waals surface area contributed by atoms with E-state index in [0.717, 1.165) is 12.2 Å². The Hall–Kier alpha value is -1.35. The zero-order chi connectivity index (χ0) is 11.0. The van der Waals surface area contributed by atoms with Crippen molar-refractivity contribution in [3.63, 3.8) is 0 Å². The summed E-state index contributed by atoms with van der Waals surface area (Å²) >= 11 is 1.71.